The molecule has 0 atom stereocenters. The van der Waals surface area contributed by atoms with Crippen LogP contribution in [0.3, 0.4) is 0 Å². The first-order valence-corrected chi connectivity index (χ1v) is 11.7. The minimum Gasteiger partial charge on any atom is -0.467 e. The number of furan rings is 1. The third-order valence-corrected chi connectivity index (χ3v) is 7.21. The van der Waals surface area contributed by atoms with Crippen molar-refractivity contribution >= 4 is 11.8 Å². The van der Waals surface area contributed by atoms with Gasteiger partial charge in [-0.05, 0) is 55.5 Å². The van der Waals surface area contributed by atoms with Crippen molar-refractivity contribution in [2.75, 3.05) is 19.9 Å². The molecular weight excluding hydrogens is 408 g/mol. The van der Waals surface area contributed by atoms with Crippen molar-refractivity contribution in [2.45, 2.75) is 56.9 Å². The molecule has 0 unspecified atom stereocenters. The molecule has 5 rings (SSSR count). The molecule has 2 aromatic rings. The predicted octanol–water partition coefficient (Wildman–Crippen LogP) is 3.77. The standard InChI is InChI=1S/C25H30N2O5/c28-23(26-16-20-5-4-14-30-20)18-8-12-27(13-9-18)24(29)25(10-2-1-3-11-25)19-6-7-21-22(15-19)32-17-31-21/h4-7,14-15,18H,1-3,8-13,16-17H2,(H,26,28). The number of rotatable bonds is 5. The molecule has 3 heterocycles. The molecule has 32 heavy (non-hydrogen) atoms. The lowest BCUT2D eigenvalue weighted by Gasteiger charge is -2.42. The highest BCUT2D eigenvalue weighted by molar-refractivity contribution is 5.89. The summed E-state index contributed by atoms with van der Waals surface area (Å²) in [5.74, 6) is 2.39. The Kier molecular flexibility index (Phi) is 5.81. The molecule has 0 radical (unpaired) electrons. The molecule has 3 aliphatic rings. The van der Waals surface area contributed by atoms with Crippen LogP contribution in [0.5, 0.6) is 11.5 Å². The van der Waals surface area contributed by atoms with Crippen LogP contribution in [0.25, 0.3) is 0 Å². The molecule has 1 saturated carbocycles. The van der Waals surface area contributed by atoms with Gasteiger partial charge in [0.15, 0.2) is 11.5 Å². The first-order chi connectivity index (χ1) is 15.7. The SMILES string of the molecule is O=C(NCc1ccco1)C1CCN(C(=O)C2(c3ccc4c(c3)OCO4)CCCCC2)CC1. The summed E-state index contributed by atoms with van der Waals surface area (Å²) in [7, 11) is 0. The second-order valence-electron chi connectivity index (χ2n) is 9.07. The molecule has 0 bridgehead atoms. The van der Waals surface area contributed by atoms with E-state index in [1.165, 1.54) is 0 Å². The number of hydrogen-bond acceptors (Lipinski definition) is 5. The van der Waals surface area contributed by atoms with Gasteiger partial charge in [-0.2, -0.15) is 0 Å². The maximum absolute atomic E-state index is 13.9. The molecule has 1 N–H and O–H groups in total. The minimum absolute atomic E-state index is 0.0386. The van der Waals surface area contributed by atoms with Crippen LogP contribution in [0, 0.1) is 5.92 Å². The average molecular weight is 439 g/mol. The largest absolute Gasteiger partial charge is 0.467 e. The average Bonchev–Trinajstić information content (AvgIpc) is 3.54. The smallest absolute Gasteiger partial charge is 0.233 e. The molecule has 1 saturated heterocycles. The highest BCUT2D eigenvalue weighted by atomic mass is 16.7. The summed E-state index contributed by atoms with van der Waals surface area (Å²) in [5.41, 5.74) is 0.526. The molecule has 1 aromatic heterocycles. The number of carbonyl (C=O) groups excluding carboxylic acids is 2. The molecule has 7 nitrogen and oxygen atoms in total. The Bertz CT molecular complexity index is 957. The number of benzene rings is 1. The van der Waals surface area contributed by atoms with Gasteiger partial charge in [-0.3, -0.25) is 9.59 Å². The molecule has 2 amide bonds. The lowest BCUT2D eigenvalue weighted by Crippen LogP contribution is -2.51. The fourth-order valence-electron chi connectivity index (χ4n) is 5.35. The lowest BCUT2D eigenvalue weighted by atomic mass is 9.68. The Morgan fingerprint density at radius 3 is 2.56 bits per heavy atom. The Morgan fingerprint density at radius 2 is 1.81 bits per heavy atom. The summed E-state index contributed by atoms with van der Waals surface area (Å²) >= 11 is 0. The number of amides is 2. The first kappa shape index (κ1) is 20.9. The molecule has 7 heteroatoms. The van der Waals surface area contributed by atoms with Gasteiger partial charge in [0.05, 0.1) is 18.2 Å². The zero-order valence-corrected chi connectivity index (χ0v) is 18.3. The second-order valence-corrected chi connectivity index (χ2v) is 9.07. The van der Waals surface area contributed by atoms with Crippen molar-refractivity contribution in [3.8, 4) is 11.5 Å². The van der Waals surface area contributed by atoms with Gasteiger partial charge in [0.2, 0.25) is 18.6 Å². The van der Waals surface area contributed by atoms with E-state index < -0.39 is 5.41 Å². The van der Waals surface area contributed by atoms with E-state index >= 15 is 0 Å². The lowest BCUT2D eigenvalue weighted by molar-refractivity contribution is -0.142. The van der Waals surface area contributed by atoms with Crippen LogP contribution in [0.2, 0.25) is 0 Å². The third kappa shape index (κ3) is 3.96. The Morgan fingerprint density at radius 1 is 1.03 bits per heavy atom. The molecule has 1 aliphatic carbocycles. The summed E-state index contributed by atoms with van der Waals surface area (Å²) in [6, 6.07) is 9.62. The van der Waals surface area contributed by atoms with Gasteiger partial charge in [0, 0.05) is 19.0 Å². The van der Waals surface area contributed by atoms with Gasteiger partial charge in [-0.15, -0.1) is 0 Å². The highest BCUT2D eigenvalue weighted by Crippen LogP contribution is 2.45. The van der Waals surface area contributed by atoms with E-state index in [0.29, 0.717) is 32.5 Å². The Labute approximate surface area is 188 Å². The molecule has 1 aromatic carbocycles. The predicted molar refractivity (Wildman–Crippen MR) is 117 cm³/mol. The van der Waals surface area contributed by atoms with E-state index in [0.717, 1.165) is 54.9 Å². The van der Waals surface area contributed by atoms with Crippen LogP contribution in [0.1, 0.15) is 56.3 Å². The number of hydrogen-bond donors (Lipinski definition) is 1. The van der Waals surface area contributed by atoms with Gasteiger partial charge in [-0.1, -0.05) is 25.3 Å². The third-order valence-electron chi connectivity index (χ3n) is 7.21. The summed E-state index contributed by atoms with van der Waals surface area (Å²) in [5, 5.41) is 2.96. The van der Waals surface area contributed by atoms with Crippen molar-refractivity contribution in [3.63, 3.8) is 0 Å². The molecule has 0 spiro atoms. The maximum atomic E-state index is 13.9. The molecule has 2 fully saturated rings. The number of likely N-dealkylation sites (tertiary alicyclic amines) is 1. The van der Waals surface area contributed by atoms with Gasteiger partial charge >= 0.3 is 0 Å². The normalized spacial score (nSPS) is 20.2. The summed E-state index contributed by atoms with van der Waals surface area (Å²) < 4.78 is 16.3. The second kappa shape index (κ2) is 8.88. The fraction of sp³-hybridized carbons (Fsp3) is 0.520. The van der Waals surface area contributed by atoms with Gasteiger partial charge in [-0.25, -0.2) is 0 Å². The molecule has 170 valence electrons. The zero-order valence-electron chi connectivity index (χ0n) is 18.3. The van der Waals surface area contributed by atoms with Crippen molar-refractivity contribution < 1.29 is 23.5 Å². The van der Waals surface area contributed by atoms with E-state index in [2.05, 4.69) is 5.32 Å². The highest BCUT2D eigenvalue weighted by Gasteiger charge is 2.45. The Balaban J connectivity index is 1.25. The van der Waals surface area contributed by atoms with Gasteiger partial charge < -0.3 is 24.1 Å². The fourth-order valence-corrected chi connectivity index (χ4v) is 5.35. The number of nitrogens with one attached hydrogen (secondary N) is 1. The summed E-state index contributed by atoms with van der Waals surface area (Å²) in [6.45, 7) is 1.86. The number of fused-ring (bicyclic) bond motifs is 1. The van der Waals surface area contributed by atoms with E-state index in [4.69, 9.17) is 13.9 Å². The monoisotopic (exact) mass is 438 g/mol. The molecular formula is C25H30N2O5. The zero-order chi connectivity index (χ0) is 22.0. The van der Waals surface area contributed by atoms with E-state index in [1.54, 1.807) is 6.26 Å². The minimum atomic E-state index is -0.506. The van der Waals surface area contributed by atoms with Crippen LogP contribution < -0.4 is 14.8 Å². The summed E-state index contributed by atoms with van der Waals surface area (Å²) in [4.78, 5) is 28.4. The maximum Gasteiger partial charge on any atom is 0.233 e. The van der Waals surface area contributed by atoms with Crippen molar-refractivity contribution in [1.29, 1.82) is 0 Å². The van der Waals surface area contributed by atoms with Crippen LogP contribution in [0.4, 0.5) is 0 Å². The number of piperidine rings is 1. The van der Waals surface area contributed by atoms with Crippen molar-refractivity contribution in [3.05, 3.63) is 47.9 Å². The number of nitrogens with zero attached hydrogens (tertiary/aromatic N) is 1. The number of ether oxygens (including phenoxy) is 2. The Hall–Kier alpha value is -2.96. The van der Waals surface area contributed by atoms with Crippen LogP contribution >= 0.6 is 0 Å². The number of carbonyl (C=O) groups is 2. The van der Waals surface area contributed by atoms with Gasteiger partial charge in [0.25, 0.3) is 0 Å². The molecule has 2 aliphatic heterocycles. The topological polar surface area (TPSA) is 81.0 Å². The van der Waals surface area contributed by atoms with E-state index in [-0.39, 0.29) is 24.5 Å². The van der Waals surface area contributed by atoms with E-state index in [1.807, 2.05) is 35.2 Å². The van der Waals surface area contributed by atoms with Crippen LogP contribution in [-0.4, -0.2) is 36.6 Å². The quantitative estimate of drug-likeness (QED) is 0.769. The van der Waals surface area contributed by atoms with Crippen LogP contribution in [-0.2, 0) is 21.5 Å². The van der Waals surface area contributed by atoms with Gasteiger partial charge in [0.1, 0.15) is 5.76 Å². The van der Waals surface area contributed by atoms with Crippen molar-refractivity contribution in [1.82, 2.24) is 10.2 Å². The summed E-state index contributed by atoms with van der Waals surface area (Å²) in [6.07, 6.45) is 7.95. The van der Waals surface area contributed by atoms with E-state index in [9.17, 15) is 9.59 Å². The first-order valence-electron chi connectivity index (χ1n) is 11.7. The van der Waals surface area contributed by atoms with Crippen molar-refractivity contribution in [2.24, 2.45) is 5.92 Å². The van der Waals surface area contributed by atoms with Crippen LogP contribution in [0.15, 0.2) is 41.0 Å².